The minimum atomic E-state index is -0.298. The lowest BCUT2D eigenvalue weighted by Gasteiger charge is -2.28. The number of hydrogen-bond donors (Lipinski definition) is 0. The van der Waals surface area contributed by atoms with Crippen LogP contribution >= 0.6 is 0 Å². The monoisotopic (exact) mass is 457 g/mol. The van der Waals surface area contributed by atoms with Crippen LogP contribution in [0, 0.1) is 0 Å². The minimum absolute atomic E-state index is 0.0150. The minimum Gasteiger partial charge on any atom is -0.376 e. The number of carbonyl (C=O) groups excluding carboxylic acids is 3. The summed E-state index contributed by atoms with van der Waals surface area (Å²) in [5, 5.41) is 1.60. The number of carbonyl (C=O) groups is 3. The van der Waals surface area contributed by atoms with Gasteiger partial charge in [-0.05, 0) is 48.4 Å². The van der Waals surface area contributed by atoms with Crippen LogP contribution in [0.5, 0.6) is 0 Å². The Labute approximate surface area is 198 Å². The standard InChI is InChI=1S/C27H27N3O4/c31-24(29(18-21-9-5-15-34-21)17-19-6-3-13-28-16-19)12-4-14-30-26(32)22-10-1-7-20-8-2-11-23(25(20)22)27(30)33/h1-3,6-8,10-11,13,16,21H,4-5,9,12,14-15,17-18H2. The van der Waals surface area contributed by atoms with Gasteiger partial charge < -0.3 is 9.64 Å². The van der Waals surface area contributed by atoms with Gasteiger partial charge in [-0.15, -0.1) is 0 Å². The number of ether oxygens (including phenoxy) is 1. The maximum Gasteiger partial charge on any atom is 0.261 e. The molecule has 2 aliphatic heterocycles. The normalized spacial score (nSPS) is 17.4. The Hall–Kier alpha value is -3.58. The average Bonchev–Trinajstić information content (AvgIpc) is 3.38. The molecule has 1 unspecified atom stereocenters. The molecule has 0 spiro atoms. The van der Waals surface area contributed by atoms with Gasteiger partial charge in [-0.2, -0.15) is 0 Å². The van der Waals surface area contributed by atoms with E-state index in [1.165, 1.54) is 4.90 Å². The average molecular weight is 458 g/mol. The summed E-state index contributed by atoms with van der Waals surface area (Å²) < 4.78 is 5.75. The molecule has 1 aromatic heterocycles. The van der Waals surface area contributed by atoms with E-state index < -0.39 is 0 Å². The second-order valence-corrected chi connectivity index (χ2v) is 8.85. The van der Waals surface area contributed by atoms with Gasteiger partial charge in [0.25, 0.3) is 11.8 Å². The molecule has 2 aliphatic rings. The summed E-state index contributed by atoms with van der Waals surface area (Å²) >= 11 is 0. The van der Waals surface area contributed by atoms with E-state index in [9.17, 15) is 14.4 Å². The number of rotatable bonds is 8. The molecule has 3 amide bonds. The molecule has 34 heavy (non-hydrogen) atoms. The van der Waals surface area contributed by atoms with Gasteiger partial charge in [-0.25, -0.2) is 0 Å². The predicted octanol–water partition coefficient (Wildman–Crippen LogP) is 3.82. The molecule has 7 nitrogen and oxygen atoms in total. The summed E-state index contributed by atoms with van der Waals surface area (Å²) in [5.74, 6) is -0.611. The van der Waals surface area contributed by atoms with Crippen molar-refractivity contribution >= 4 is 28.5 Å². The first-order valence-corrected chi connectivity index (χ1v) is 11.8. The van der Waals surface area contributed by atoms with E-state index >= 15 is 0 Å². The molecular formula is C27H27N3O4. The van der Waals surface area contributed by atoms with E-state index in [1.54, 1.807) is 24.5 Å². The lowest BCUT2D eigenvalue weighted by atomic mass is 9.94. The molecule has 2 aromatic carbocycles. The van der Waals surface area contributed by atoms with Crippen molar-refractivity contribution in [3.8, 4) is 0 Å². The number of nitrogens with zero attached hydrogens (tertiary/aromatic N) is 3. The van der Waals surface area contributed by atoms with Crippen molar-refractivity contribution in [3.05, 3.63) is 77.6 Å². The van der Waals surface area contributed by atoms with Crippen LogP contribution < -0.4 is 0 Å². The SMILES string of the molecule is O=C(CCCN1C(=O)c2cccc3cccc(c23)C1=O)N(Cc1cccnc1)CC1CCCO1. The molecular weight excluding hydrogens is 430 g/mol. The van der Waals surface area contributed by atoms with Crippen molar-refractivity contribution in [1.82, 2.24) is 14.8 Å². The summed E-state index contributed by atoms with van der Waals surface area (Å²) in [7, 11) is 0. The first-order valence-electron chi connectivity index (χ1n) is 11.8. The van der Waals surface area contributed by atoms with Crippen molar-refractivity contribution in [3.63, 3.8) is 0 Å². The number of benzene rings is 2. The van der Waals surface area contributed by atoms with Gasteiger partial charge >= 0.3 is 0 Å². The summed E-state index contributed by atoms with van der Waals surface area (Å²) in [6.45, 7) is 1.93. The Morgan fingerprint density at radius 2 is 1.82 bits per heavy atom. The Kier molecular flexibility index (Phi) is 6.36. The molecule has 0 saturated carbocycles. The number of imide groups is 1. The molecule has 3 heterocycles. The van der Waals surface area contributed by atoms with Gasteiger partial charge in [0.05, 0.1) is 6.10 Å². The van der Waals surface area contributed by atoms with E-state index in [2.05, 4.69) is 4.98 Å². The predicted molar refractivity (Wildman–Crippen MR) is 127 cm³/mol. The molecule has 7 heteroatoms. The Morgan fingerprint density at radius 3 is 2.47 bits per heavy atom. The van der Waals surface area contributed by atoms with Crippen LogP contribution in [0.25, 0.3) is 10.8 Å². The molecule has 1 fully saturated rings. The highest BCUT2D eigenvalue weighted by Gasteiger charge is 2.32. The van der Waals surface area contributed by atoms with Crippen LogP contribution in [0.4, 0.5) is 0 Å². The Bertz CT molecular complexity index is 1170. The maximum atomic E-state index is 13.2. The van der Waals surface area contributed by atoms with Crippen molar-refractivity contribution in [2.45, 2.75) is 38.3 Å². The number of hydrogen-bond acceptors (Lipinski definition) is 5. The molecule has 0 radical (unpaired) electrons. The second-order valence-electron chi connectivity index (χ2n) is 8.85. The third kappa shape index (κ3) is 4.43. The van der Waals surface area contributed by atoms with E-state index in [0.29, 0.717) is 36.0 Å². The third-order valence-corrected chi connectivity index (χ3v) is 6.53. The zero-order valence-electron chi connectivity index (χ0n) is 19.0. The number of aromatic nitrogens is 1. The smallest absolute Gasteiger partial charge is 0.261 e. The largest absolute Gasteiger partial charge is 0.376 e. The fraction of sp³-hybridized carbons (Fsp3) is 0.333. The van der Waals surface area contributed by atoms with E-state index in [0.717, 1.165) is 30.4 Å². The van der Waals surface area contributed by atoms with Crippen molar-refractivity contribution in [2.24, 2.45) is 0 Å². The molecule has 5 rings (SSSR count). The van der Waals surface area contributed by atoms with E-state index in [1.807, 2.05) is 41.3 Å². The van der Waals surface area contributed by atoms with Crippen LogP contribution in [-0.2, 0) is 16.1 Å². The van der Waals surface area contributed by atoms with Gasteiger partial charge in [0.1, 0.15) is 0 Å². The fourth-order valence-corrected chi connectivity index (χ4v) is 4.83. The van der Waals surface area contributed by atoms with E-state index in [-0.39, 0.29) is 36.8 Å². The fourth-order valence-electron chi connectivity index (χ4n) is 4.83. The van der Waals surface area contributed by atoms with Gasteiger partial charge in [0.2, 0.25) is 5.91 Å². The molecule has 0 bridgehead atoms. The van der Waals surface area contributed by atoms with Crippen LogP contribution in [0.2, 0.25) is 0 Å². The molecule has 3 aromatic rings. The summed E-state index contributed by atoms with van der Waals surface area (Å²) in [4.78, 5) is 46.6. The van der Waals surface area contributed by atoms with Gasteiger partial charge in [-0.3, -0.25) is 24.3 Å². The first-order chi connectivity index (χ1) is 16.6. The van der Waals surface area contributed by atoms with Gasteiger partial charge in [-0.1, -0.05) is 30.3 Å². The Balaban J connectivity index is 1.26. The number of amides is 3. The van der Waals surface area contributed by atoms with E-state index in [4.69, 9.17) is 4.74 Å². The van der Waals surface area contributed by atoms with Crippen LogP contribution in [0.15, 0.2) is 60.9 Å². The maximum absolute atomic E-state index is 13.2. The topological polar surface area (TPSA) is 79.8 Å². The van der Waals surface area contributed by atoms with Crippen LogP contribution in [0.1, 0.15) is 52.0 Å². The van der Waals surface area contributed by atoms with Crippen molar-refractivity contribution in [1.29, 1.82) is 0 Å². The lowest BCUT2D eigenvalue weighted by Crippen LogP contribution is -2.41. The molecule has 1 atom stereocenters. The lowest BCUT2D eigenvalue weighted by molar-refractivity contribution is -0.133. The Morgan fingerprint density at radius 1 is 1.06 bits per heavy atom. The first kappa shape index (κ1) is 22.2. The highest BCUT2D eigenvalue weighted by molar-refractivity contribution is 6.25. The third-order valence-electron chi connectivity index (χ3n) is 6.53. The summed E-state index contributed by atoms with van der Waals surface area (Å²) in [5.41, 5.74) is 2.03. The molecule has 0 N–H and O–H groups in total. The molecule has 0 aliphatic carbocycles. The van der Waals surface area contributed by atoms with Gasteiger partial charge in [0.15, 0.2) is 0 Å². The molecule has 174 valence electrons. The van der Waals surface area contributed by atoms with Crippen molar-refractivity contribution in [2.75, 3.05) is 19.7 Å². The second kappa shape index (κ2) is 9.73. The zero-order chi connectivity index (χ0) is 23.5. The van der Waals surface area contributed by atoms with Crippen LogP contribution in [0.3, 0.4) is 0 Å². The van der Waals surface area contributed by atoms with Gasteiger partial charge in [0, 0.05) is 61.6 Å². The highest BCUT2D eigenvalue weighted by atomic mass is 16.5. The van der Waals surface area contributed by atoms with Crippen LogP contribution in [-0.4, -0.2) is 58.3 Å². The summed E-state index contributed by atoms with van der Waals surface area (Å²) in [6.07, 6.45) is 6.12. The highest BCUT2D eigenvalue weighted by Crippen LogP contribution is 2.30. The quantitative estimate of drug-likeness (QED) is 0.481. The summed E-state index contributed by atoms with van der Waals surface area (Å²) in [6, 6.07) is 14.8. The van der Waals surface area contributed by atoms with Crippen molar-refractivity contribution < 1.29 is 19.1 Å². The number of pyridine rings is 1. The zero-order valence-corrected chi connectivity index (χ0v) is 19.0. The molecule has 1 saturated heterocycles.